The zero-order valence-electron chi connectivity index (χ0n) is 13.2. The van der Waals surface area contributed by atoms with Crippen molar-refractivity contribution in [3.63, 3.8) is 0 Å². The van der Waals surface area contributed by atoms with E-state index in [1.807, 2.05) is 48.5 Å². The number of carbonyl (C=O) groups is 1. The Balaban J connectivity index is 1.59. The quantitative estimate of drug-likeness (QED) is 0.862. The first kappa shape index (κ1) is 15.6. The van der Waals surface area contributed by atoms with Gasteiger partial charge < -0.3 is 15.2 Å². The first-order valence-corrected chi connectivity index (χ1v) is 7.86. The molecule has 2 atom stereocenters. The molecule has 2 aromatic carbocycles. The second-order valence-electron chi connectivity index (χ2n) is 5.89. The number of rotatable bonds is 6. The molecule has 3 rings (SSSR count). The highest BCUT2D eigenvalue weighted by Gasteiger charge is 2.44. The van der Waals surface area contributed by atoms with Gasteiger partial charge in [0.05, 0.1) is 7.11 Å². The van der Waals surface area contributed by atoms with Crippen molar-refractivity contribution in [2.75, 3.05) is 19.0 Å². The van der Waals surface area contributed by atoms with Crippen LogP contribution in [0, 0.1) is 5.92 Å². The molecule has 1 amide bonds. The van der Waals surface area contributed by atoms with Gasteiger partial charge in [0.25, 0.3) is 0 Å². The molecule has 0 bridgehead atoms. The predicted molar refractivity (Wildman–Crippen MR) is 89.7 cm³/mol. The second-order valence-corrected chi connectivity index (χ2v) is 5.89. The maximum Gasteiger partial charge on any atom is 0.228 e. The van der Waals surface area contributed by atoms with E-state index in [1.54, 1.807) is 7.11 Å². The molecule has 0 saturated heterocycles. The van der Waals surface area contributed by atoms with Gasteiger partial charge in [-0.3, -0.25) is 4.79 Å². The van der Waals surface area contributed by atoms with E-state index in [4.69, 9.17) is 9.84 Å². The van der Waals surface area contributed by atoms with Crippen molar-refractivity contribution in [3.05, 3.63) is 59.7 Å². The molecule has 1 aliphatic carbocycles. The number of aliphatic hydroxyl groups excluding tert-OH is 1. The van der Waals surface area contributed by atoms with Crippen LogP contribution in [0.1, 0.15) is 23.5 Å². The molecular weight excluding hydrogens is 290 g/mol. The van der Waals surface area contributed by atoms with E-state index >= 15 is 0 Å². The summed E-state index contributed by atoms with van der Waals surface area (Å²) in [6, 6.07) is 15.5. The van der Waals surface area contributed by atoms with Crippen molar-refractivity contribution >= 4 is 11.6 Å². The average Bonchev–Trinajstić information content (AvgIpc) is 3.38. The van der Waals surface area contributed by atoms with Crippen molar-refractivity contribution in [3.8, 4) is 5.75 Å². The number of ether oxygens (including phenoxy) is 1. The third-order valence-electron chi connectivity index (χ3n) is 4.27. The molecule has 2 N–H and O–H groups in total. The minimum absolute atomic E-state index is 0.0271. The van der Waals surface area contributed by atoms with Gasteiger partial charge in [0, 0.05) is 18.2 Å². The van der Waals surface area contributed by atoms with Crippen LogP contribution in [0.2, 0.25) is 0 Å². The lowest BCUT2D eigenvalue weighted by molar-refractivity contribution is -0.117. The number of anilines is 1. The number of hydrogen-bond acceptors (Lipinski definition) is 3. The van der Waals surface area contributed by atoms with Crippen molar-refractivity contribution < 1.29 is 14.6 Å². The molecule has 4 heteroatoms. The number of carbonyl (C=O) groups excluding carboxylic acids is 1. The van der Waals surface area contributed by atoms with Gasteiger partial charge in [-0.25, -0.2) is 0 Å². The zero-order valence-corrected chi connectivity index (χ0v) is 13.2. The topological polar surface area (TPSA) is 58.6 Å². The summed E-state index contributed by atoms with van der Waals surface area (Å²) in [5, 5.41) is 11.9. The third-order valence-corrected chi connectivity index (χ3v) is 4.27. The van der Waals surface area contributed by atoms with E-state index < -0.39 is 0 Å². The Bertz CT molecular complexity index is 681. The fourth-order valence-electron chi connectivity index (χ4n) is 2.84. The van der Waals surface area contributed by atoms with Crippen LogP contribution in [-0.2, 0) is 11.2 Å². The fraction of sp³-hybridized carbons (Fsp3) is 0.316. The van der Waals surface area contributed by atoms with Gasteiger partial charge in [0.2, 0.25) is 5.91 Å². The van der Waals surface area contributed by atoms with E-state index in [0.717, 1.165) is 29.0 Å². The highest BCUT2D eigenvalue weighted by Crippen LogP contribution is 2.48. The maximum atomic E-state index is 12.3. The van der Waals surface area contributed by atoms with E-state index in [2.05, 4.69) is 5.32 Å². The van der Waals surface area contributed by atoms with Gasteiger partial charge in [-0.15, -0.1) is 0 Å². The first-order chi connectivity index (χ1) is 11.2. The van der Waals surface area contributed by atoms with Crippen molar-refractivity contribution in [2.45, 2.75) is 18.8 Å². The summed E-state index contributed by atoms with van der Waals surface area (Å²) in [6.45, 7) is 0.135. The Morgan fingerprint density at radius 3 is 2.74 bits per heavy atom. The van der Waals surface area contributed by atoms with Gasteiger partial charge in [0.15, 0.2) is 0 Å². The Hall–Kier alpha value is -2.33. The highest BCUT2D eigenvalue weighted by molar-refractivity contribution is 5.95. The van der Waals surface area contributed by atoms with Gasteiger partial charge in [-0.05, 0) is 54.2 Å². The van der Waals surface area contributed by atoms with E-state index in [1.165, 1.54) is 0 Å². The number of nitrogens with one attached hydrogen (secondary N) is 1. The fourth-order valence-corrected chi connectivity index (χ4v) is 2.84. The van der Waals surface area contributed by atoms with Crippen molar-refractivity contribution in [1.82, 2.24) is 0 Å². The van der Waals surface area contributed by atoms with Crippen LogP contribution in [0.5, 0.6) is 5.75 Å². The lowest BCUT2D eigenvalue weighted by atomic mass is 10.1. The van der Waals surface area contributed by atoms with Gasteiger partial charge in [-0.2, -0.15) is 0 Å². The SMILES string of the molecule is COc1cccc(C2CC2C(=O)Nc2ccc(CCO)cc2)c1. The Labute approximate surface area is 136 Å². The molecule has 1 aliphatic rings. The molecule has 1 fully saturated rings. The van der Waals surface area contributed by atoms with Crippen LogP contribution >= 0.6 is 0 Å². The van der Waals surface area contributed by atoms with Crippen LogP contribution < -0.4 is 10.1 Å². The molecule has 0 aromatic heterocycles. The maximum absolute atomic E-state index is 12.3. The molecular formula is C19H21NO3. The Kier molecular flexibility index (Phi) is 4.63. The summed E-state index contributed by atoms with van der Waals surface area (Å²) in [6.07, 6.45) is 1.51. The largest absolute Gasteiger partial charge is 0.497 e. The number of amides is 1. The lowest BCUT2D eigenvalue weighted by Crippen LogP contribution is -2.14. The van der Waals surface area contributed by atoms with E-state index in [9.17, 15) is 4.79 Å². The third kappa shape index (κ3) is 3.71. The minimum atomic E-state index is 0.0271. The molecule has 0 radical (unpaired) electrons. The summed E-state index contributed by atoms with van der Waals surface area (Å²) >= 11 is 0. The highest BCUT2D eigenvalue weighted by atomic mass is 16.5. The summed E-state index contributed by atoms with van der Waals surface area (Å²) in [5.41, 5.74) is 3.02. The van der Waals surface area contributed by atoms with Crippen LogP contribution in [0.4, 0.5) is 5.69 Å². The van der Waals surface area contributed by atoms with Crippen LogP contribution in [0.3, 0.4) is 0 Å². The van der Waals surface area contributed by atoms with Gasteiger partial charge in [0.1, 0.15) is 5.75 Å². The Morgan fingerprint density at radius 1 is 1.26 bits per heavy atom. The monoisotopic (exact) mass is 311 g/mol. The molecule has 1 saturated carbocycles. The molecule has 2 unspecified atom stereocenters. The molecule has 2 aromatic rings. The number of aliphatic hydroxyl groups is 1. The average molecular weight is 311 g/mol. The smallest absolute Gasteiger partial charge is 0.228 e. The van der Waals surface area contributed by atoms with Crippen LogP contribution in [0.25, 0.3) is 0 Å². The van der Waals surface area contributed by atoms with E-state index in [0.29, 0.717) is 6.42 Å². The molecule has 120 valence electrons. The zero-order chi connectivity index (χ0) is 16.2. The molecule has 23 heavy (non-hydrogen) atoms. The summed E-state index contributed by atoms with van der Waals surface area (Å²) in [5.74, 6) is 1.19. The van der Waals surface area contributed by atoms with Crippen LogP contribution in [-0.4, -0.2) is 24.7 Å². The van der Waals surface area contributed by atoms with E-state index in [-0.39, 0.29) is 24.3 Å². The molecule has 0 spiro atoms. The van der Waals surface area contributed by atoms with Gasteiger partial charge in [-0.1, -0.05) is 24.3 Å². The normalized spacial score (nSPS) is 19.2. The second kappa shape index (κ2) is 6.84. The summed E-state index contributed by atoms with van der Waals surface area (Å²) in [4.78, 5) is 12.3. The number of hydrogen-bond donors (Lipinski definition) is 2. The summed E-state index contributed by atoms with van der Waals surface area (Å²) < 4.78 is 5.24. The van der Waals surface area contributed by atoms with Gasteiger partial charge >= 0.3 is 0 Å². The predicted octanol–water partition coefficient (Wildman–Crippen LogP) is 2.97. The standard InChI is InChI=1S/C19H21NO3/c1-23-16-4-2-3-14(11-16)17-12-18(17)19(22)20-15-7-5-13(6-8-15)9-10-21/h2-8,11,17-18,21H,9-10,12H2,1H3,(H,20,22). The van der Waals surface area contributed by atoms with Crippen molar-refractivity contribution in [1.29, 1.82) is 0 Å². The minimum Gasteiger partial charge on any atom is -0.497 e. The van der Waals surface area contributed by atoms with Crippen LogP contribution in [0.15, 0.2) is 48.5 Å². The number of benzene rings is 2. The van der Waals surface area contributed by atoms with Crippen molar-refractivity contribution in [2.24, 2.45) is 5.92 Å². The lowest BCUT2D eigenvalue weighted by Gasteiger charge is -2.07. The summed E-state index contributed by atoms with van der Waals surface area (Å²) in [7, 11) is 1.65. The first-order valence-electron chi connectivity index (χ1n) is 7.86. The molecule has 4 nitrogen and oxygen atoms in total. The molecule has 0 heterocycles. The Morgan fingerprint density at radius 2 is 2.04 bits per heavy atom. The molecule has 0 aliphatic heterocycles. The number of methoxy groups -OCH3 is 1.